The van der Waals surface area contributed by atoms with E-state index in [1.54, 1.807) is 12.3 Å². The highest BCUT2D eigenvalue weighted by Crippen LogP contribution is 2.26. The molecule has 1 N–H and O–H groups in total. The van der Waals surface area contributed by atoms with Gasteiger partial charge in [0.2, 0.25) is 5.91 Å². The quantitative estimate of drug-likeness (QED) is 0.850. The number of alkyl halides is 1. The molecule has 0 unspecified atom stereocenters. The van der Waals surface area contributed by atoms with E-state index in [-0.39, 0.29) is 11.8 Å². The Morgan fingerprint density at radius 1 is 1.32 bits per heavy atom. The summed E-state index contributed by atoms with van der Waals surface area (Å²) >= 11 is 18.6. The zero-order valence-electron chi connectivity index (χ0n) is 9.62. The summed E-state index contributed by atoms with van der Waals surface area (Å²) in [4.78, 5) is 16.2. The predicted molar refractivity (Wildman–Crippen MR) is 80.7 cm³/mol. The maximum absolute atomic E-state index is 11.1. The van der Waals surface area contributed by atoms with Crippen molar-refractivity contribution in [2.75, 3.05) is 11.2 Å². The summed E-state index contributed by atoms with van der Waals surface area (Å²) in [5.74, 6) is -0.348. The summed E-state index contributed by atoms with van der Waals surface area (Å²) in [6.45, 7) is 0. The summed E-state index contributed by atoms with van der Waals surface area (Å²) < 4.78 is 0. The van der Waals surface area contributed by atoms with Gasteiger partial charge in [-0.2, -0.15) is 0 Å². The van der Waals surface area contributed by atoms with Crippen LogP contribution in [-0.2, 0) is 11.2 Å². The minimum absolute atomic E-state index is 0.0816. The molecular formula is C12H9Cl3N2OS. The summed E-state index contributed by atoms with van der Waals surface area (Å²) in [6.07, 6.45) is 2.41. The van der Waals surface area contributed by atoms with Crippen LogP contribution in [0.25, 0.3) is 0 Å². The van der Waals surface area contributed by atoms with Crippen molar-refractivity contribution < 1.29 is 4.79 Å². The zero-order chi connectivity index (χ0) is 13.8. The standard InChI is InChI=1S/C12H9Cl3N2OS/c13-5-11(18)17-12-16-6-8(19-12)3-7-1-2-9(14)10(15)4-7/h1-2,4,6H,3,5H2,(H,16,17,18). The van der Waals surface area contributed by atoms with E-state index in [1.165, 1.54) is 11.3 Å². The van der Waals surface area contributed by atoms with Crippen molar-refractivity contribution in [3.05, 3.63) is 44.9 Å². The number of aromatic nitrogens is 1. The van der Waals surface area contributed by atoms with Crippen LogP contribution in [-0.4, -0.2) is 16.8 Å². The Kier molecular flexibility index (Phi) is 5.05. The highest BCUT2D eigenvalue weighted by Gasteiger charge is 2.07. The van der Waals surface area contributed by atoms with Gasteiger partial charge in [-0.1, -0.05) is 29.3 Å². The molecule has 19 heavy (non-hydrogen) atoms. The number of thiazole rings is 1. The van der Waals surface area contributed by atoms with Crippen LogP contribution >= 0.6 is 46.1 Å². The summed E-state index contributed by atoms with van der Waals surface area (Å²) in [5, 5.41) is 4.21. The Labute approximate surface area is 129 Å². The van der Waals surface area contributed by atoms with E-state index in [9.17, 15) is 4.79 Å². The maximum atomic E-state index is 11.1. The topological polar surface area (TPSA) is 42.0 Å². The number of nitrogens with one attached hydrogen (secondary N) is 1. The van der Waals surface area contributed by atoms with Crippen molar-refractivity contribution in [2.45, 2.75) is 6.42 Å². The Morgan fingerprint density at radius 3 is 2.79 bits per heavy atom. The van der Waals surface area contributed by atoms with Crippen molar-refractivity contribution in [1.82, 2.24) is 4.98 Å². The van der Waals surface area contributed by atoms with E-state index in [0.29, 0.717) is 21.6 Å². The van der Waals surface area contributed by atoms with E-state index >= 15 is 0 Å². The number of carbonyl (C=O) groups excluding carboxylic acids is 1. The monoisotopic (exact) mass is 334 g/mol. The van der Waals surface area contributed by atoms with Gasteiger partial charge in [-0.15, -0.1) is 22.9 Å². The summed E-state index contributed by atoms with van der Waals surface area (Å²) in [5.41, 5.74) is 1.04. The average molecular weight is 336 g/mol. The minimum atomic E-state index is -0.267. The number of benzene rings is 1. The number of rotatable bonds is 4. The smallest absolute Gasteiger partial charge is 0.241 e. The molecule has 1 amide bonds. The van der Waals surface area contributed by atoms with Crippen LogP contribution in [0.15, 0.2) is 24.4 Å². The molecule has 1 heterocycles. The number of carbonyl (C=O) groups is 1. The van der Waals surface area contributed by atoms with Crippen molar-refractivity contribution in [3.63, 3.8) is 0 Å². The van der Waals surface area contributed by atoms with Gasteiger partial charge in [-0.25, -0.2) is 4.98 Å². The number of amides is 1. The van der Waals surface area contributed by atoms with Gasteiger partial charge in [-0.05, 0) is 17.7 Å². The summed E-state index contributed by atoms with van der Waals surface area (Å²) in [7, 11) is 0. The van der Waals surface area contributed by atoms with Crippen LogP contribution in [0, 0.1) is 0 Å². The molecule has 0 spiro atoms. The molecule has 0 saturated heterocycles. The molecule has 1 aromatic carbocycles. The van der Waals surface area contributed by atoms with Gasteiger partial charge in [0, 0.05) is 17.5 Å². The van der Waals surface area contributed by atoms with Crippen LogP contribution < -0.4 is 5.32 Å². The fourth-order valence-electron chi connectivity index (χ4n) is 1.45. The molecule has 0 fully saturated rings. The second kappa shape index (κ2) is 6.57. The average Bonchev–Trinajstić information content (AvgIpc) is 2.81. The van der Waals surface area contributed by atoms with E-state index in [1.807, 2.05) is 12.1 Å². The molecule has 3 nitrogen and oxygen atoms in total. The third-order valence-corrected chi connectivity index (χ3v) is 4.18. The van der Waals surface area contributed by atoms with Gasteiger partial charge in [0.25, 0.3) is 0 Å². The van der Waals surface area contributed by atoms with E-state index in [2.05, 4.69) is 10.3 Å². The number of anilines is 1. The zero-order valence-corrected chi connectivity index (χ0v) is 12.7. The molecule has 0 bridgehead atoms. The SMILES string of the molecule is O=C(CCl)Nc1ncc(Cc2ccc(Cl)c(Cl)c2)s1. The van der Waals surface area contributed by atoms with Crippen LogP contribution in [0.1, 0.15) is 10.4 Å². The first-order valence-corrected chi connectivity index (χ1v) is 7.43. The van der Waals surface area contributed by atoms with Crippen molar-refractivity contribution in [3.8, 4) is 0 Å². The predicted octanol–water partition coefficient (Wildman–Crippen LogP) is 4.22. The first kappa shape index (κ1) is 14.6. The molecular weight excluding hydrogens is 327 g/mol. The minimum Gasteiger partial charge on any atom is -0.301 e. The fourth-order valence-corrected chi connectivity index (χ4v) is 2.70. The molecule has 2 rings (SSSR count). The van der Waals surface area contributed by atoms with Gasteiger partial charge < -0.3 is 5.32 Å². The molecule has 7 heteroatoms. The second-order valence-corrected chi connectivity index (χ2v) is 5.94. The first-order valence-electron chi connectivity index (χ1n) is 5.33. The number of hydrogen-bond acceptors (Lipinski definition) is 3. The van der Waals surface area contributed by atoms with E-state index in [4.69, 9.17) is 34.8 Å². The number of hydrogen-bond donors (Lipinski definition) is 1. The highest BCUT2D eigenvalue weighted by atomic mass is 35.5. The Morgan fingerprint density at radius 2 is 2.11 bits per heavy atom. The van der Waals surface area contributed by atoms with Gasteiger partial charge in [-0.3, -0.25) is 4.79 Å². The van der Waals surface area contributed by atoms with Crippen LogP contribution in [0.3, 0.4) is 0 Å². The lowest BCUT2D eigenvalue weighted by Gasteiger charge is -2.01. The number of halogens is 3. The van der Waals surface area contributed by atoms with Crippen molar-refractivity contribution in [2.24, 2.45) is 0 Å². The number of nitrogens with zero attached hydrogens (tertiary/aromatic N) is 1. The van der Waals surface area contributed by atoms with Gasteiger partial charge in [0.1, 0.15) is 5.88 Å². The Balaban J connectivity index is 2.07. The normalized spacial score (nSPS) is 10.5. The molecule has 1 aromatic heterocycles. The molecule has 2 aromatic rings. The van der Waals surface area contributed by atoms with Gasteiger partial charge in [0.15, 0.2) is 5.13 Å². The Bertz CT molecular complexity index is 600. The molecule has 0 aliphatic rings. The first-order chi connectivity index (χ1) is 9.08. The lowest BCUT2D eigenvalue weighted by molar-refractivity contribution is -0.113. The van der Waals surface area contributed by atoms with Crippen LogP contribution in [0.2, 0.25) is 10.0 Å². The Hall–Kier alpha value is -0.810. The van der Waals surface area contributed by atoms with Crippen LogP contribution in [0.4, 0.5) is 5.13 Å². The molecule has 0 radical (unpaired) electrons. The van der Waals surface area contributed by atoms with Crippen molar-refractivity contribution in [1.29, 1.82) is 0 Å². The third kappa shape index (κ3) is 4.08. The lowest BCUT2D eigenvalue weighted by Crippen LogP contribution is -2.11. The maximum Gasteiger partial charge on any atom is 0.241 e. The molecule has 0 aliphatic heterocycles. The molecule has 100 valence electrons. The van der Waals surface area contributed by atoms with E-state index < -0.39 is 0 Å². The fraction of sp³-hybridized carbons (Fsp3) is 0.167. The molecule has 0 aliphatic carbocycles. The van der Waals surface area contributed by atoms with Crippen LogP contribution in [0.5, 0.6) is 0 Å². The van der Waals surface area contributed by atoms with Crippen molar-refractivity contribution >= 4 is 57.2 Å². The highest BCUT2D eigenvalue weighted by molar-refractivity contribution is 7.15. The van der Waals surface area contributed by atoms with Gasteiger partial charge >= 0.3 is 0 Å². The molecule has 0 saturated carbocycles. The second-order valence-electron chi connectivity index (χ2n) is 3.74. The van der Waals surface area contributed by atoms with Gasteiger partial charge in [0.05, 0.1) is 10.0 Å². The molecule has 0 atom stereocenters. The summed E-state index contributed by atoms with van der Waals surface area (Å²) in [6, 6.07) is 5.49. The van der Waals surface area contributed by atoms with E-state index in [0.717, 1.165) is 10.4 Å². The third-order valence-electron chi connectivity index (χ3n) is 2.28. The largest absolute Gasteiger partial charge is 0.301 e. The lowest BCUT2D eigenvalue weighted by atomic mass is 10.1.